The Kier molecular flexibility index (Phi) is 4.39. The minimum absolute atomic E-state index is 0.205. The smallest absolute Gasteiger partial charge is 0.332 e. The summed E-state index contributed by atoms with van der Waals surface area (Å²) < 4.78 is 14.3. The van der Waals surface area contributed by atoms with Crippen molar-refractivity contribution in [3.63, 3.8) is 0 Å². The van der Waals surface area contributed by atoms with E-state index in [0.29, 0.717) is 41.6 Å². The lowest BCUT2D eigenvalue weighted by atomic mass is 10.2. The number of hydrogen-bond donors (Lipinski definition) is 1. The van der Waals surface area contributed by atoms with E-state index in [9.17, 15) is 9.59 Å². The first-order valence-electron chi connectivity index (χ1n) is 8.54. The Balaban J connectivity index is 1.80. The molecule has 1 N–H and O–H groups in total. The fraction of sp³-hybridized carbons (Fsp3) is 0.278. The number of imidazole rings is 1. The summed E-state index contributed by atoms with van der Waals surface area (Å²) >= 11 is 3.50. The van der Waals surface area contributed by atoms with Gasteiger partial charge in [0.2, 0.25) is 6.79 Å². The molecule has 0 bridgehead atoms. The molecule has 0 spiro atoms. The van der Waals surface area contributed by atoms with Gasteiger partial charge in [-0.15, -0.1) is 0 Å². The monoisotopic (exact) mass is 432 g/mol. The molecule has 4 rings (SSSR count). The number of aryl methyl sites for hydroxylation is 1. The van der Waals surface area contributed by atoms with Crippen molar-refractivity contribution in [2.24, 2.45) is 0 Å². The normalized spacial score (nSPS) is 13.1. The van der Waals surface area contributed by atoms with Crippen LogP contribution >= 0.6 is 15.9 Å². The van der Waals surface area contributed by atoms with E-state index in [1.54, 1.807) is 13.0 Å². The van der Waals surface area contributed by atoms with Gasteiger partial charge in [0, 0.05) is 17.6 Å². The molecule has 0 aliphatic carbocycles. The van der Waals surface area contributed by atoms with Crippen LogP contribution in [0.1, 0.15) is 25.2 Å². The second kappa shape index (κ2) is 6.73. The Hall–Kier alpha value is -2.81. The van der Waals surface area contributed by atoms with Crippen LogP contribution in [0, 0.1) is 0 Å². The predicted octanol–water partition coefficient (Wildman–Crippen LogP) is 2.59. The fourth-order valence-electron chi connectivity index (χ4n) is 3.06. The van der Waals surface area contributed by atoms with Gasteiger partial charge < -0.3 is 14.5 Å². The molecule has 0 fully saturated rings. The summed E-state index contributed by atoms with van der Waals surface area (Å²) in [5, 5.41) is 0. The average molecular weight is 433 g/mol. The van der Waals surface area contributed by atoms with E-state index in [2.05, 4.69) is 25.9 Å². The van der Waals surface area contributed by atoms with Gasteiger partial charge in [-0.25, -0.2) is 9.78 Å². The molecule has 0 unspecified atom stereocenters. The highest BCUT2D eigenvalue weighted by Crippen LogP contribution is 2.37. The van der Waals surface area contributed by atoms with E-state index in [-0.39, 0.29) is 18.0 Å². The van der Waals surface area contributed by atoms with Crippen LogP contribution in [0.2, 0.25) is 0 Å². The van der Waals surface area contributed by atoms with Crippen LogP contribution in [-0.4, -0.2) is 25.9 Å². The van der Waals surface area contributed by atoms with Crippen molar-refractivity contribution in [3.05, 3.63) is 48.8 Å². The molecule has 9 heteroatoms. The molecule has 0 saturated carbocycles. The van der Waals surface area contributed by atoms with Crippen molar-refractivity contribution >= 4 is 39.2 Å². The quantitative estimate of drug-likeness (QED) is 0.683. The number of benzene rings is 1. The van der Waals surface area contributed by atoms with Gasteiger partial charge >= 0.3 is 5.69 Å². The highest BCUT2D eigenvalue weighted by Gasteiger charge is 2.16. The maximum absolute atomic E-state index is 12.5. The van der Waals surface area contributed by atoms with Crippen LogP contribution in [0.4, 0.5) is 0 Å². The standard InChI is InChI=1S/C18H17BrN4O4/c1-3-22-16-15(17(24)23(4-2)18(22)25)20-14(21-16)6-5-10-7-12-13(8-11(10)19)27-9-26-12/h5-8H,3-4,9H2,1-2H3,(H,20,21). The van der Waals surface area contributed by atoms with Crippen molar-refractivity contribution < 1.29 is 9.47 Å². The summed E-state index contributed by atoms with van der Waals surface area (Å²) in [6.45, 7) is 4.55. The SMILES string of the molecule is CCn1c(=O)c2[nH]c(C=Cc3cc4c(cc3Br)OCO4)nc2n(CC)c1=O. The molecule has 3 aromatic rings. The number of fused-ring (bicyclic) bond motifs is 2. The summed E-state index contributed by atoms with van der Waals surface area (Å²) in [7, 11) is 0. The van der Waals surface area contributed by atoms with Crippen LogP contribution in [0.15, 0.2) is 26.2 Å². The Bertz CT molecular complexity index is 1190. The third-order valence-corrected chi connectivity index (χ3v) is 5.11. The summed E-state index contributed by atoms with van der Waals surface area (Å²) in [6, 6.07) is 3.70. The molecule has 27 heavy (non-hydrogen) atoms. The van der Waals surface area contributed by atoms with Crippen molar-refractivity contribution in [1.29, 1.82) is 0 Å². The van der Waals surface area contributed by atoms with Crippen LogP contribution in [0.5, 0.6) is 11.5 Å². The van der Waals surface area contributed by atoms with E-state index in [4.69, 9.17) is 9.47 Å². The van der Waals surface area contributed by atoms with E-state index in [1.165, 1.54) is 9.13 Å². The zero-order valence-electron chi connectivity index (χ0n) is 14.8. The van der Waals surface area contributed by atoms with Gasteiger partial charge in [0.15, 0.2) is 17.1 Å². The maximum atomic E-state index is 12.5. The first-order valence-corrected chi connectivity index (χ1v) is 9.33. The molecular formula is C18H17BrN4O4. The number of halogens is 1. The van der Waals surface area contributed by atoms with Gasteiger partial charge in [-0.1, -0.05) is 22.0 Å². The average Bonchev–Trinajstić information content (AvgIpc) is 3.27. The maximum Gasteiger partial charge on any atom is 0.332 e. The molecule has 8 nitrogen and oxygen atoms in total. The number of rotatable bonds is 4. The van der Waals surface area contributed by atoms with Crippen LogP contribution < -0.4 is 20.7 Å². The zero-order chi connectivity index (χ0) is 19.1. The van der Waals surface area contributed by atoms with E-state index >= 15 is 0 Å². The van der Waals surface area contributed by atoms with Gasteiger partial charge in [-0.2, -0.15) is 0 Å². The summed E-state index contributed by atoms with van der Waals surface area (Å²) in [5.41, 5.74) is 0.847. The lowest BCUT2D eigenvalue weighted by molar-refractivity contribution is 0.174. The molecule has 3 heterocycles. The third-order valence-electron chi connectivity index (χ3n) is 4.42. The Morgan fingerprint density at radius 2 is 1.85 bits per heavy atom. The molecule has 0 saturated heterocycles. The van der Waals surface area contributed by atoms with Gasteiger partial charge in [0.25, 0.3) is 5.56 Å². The minimum atomic E-state index is -0.362. The Morgan fingerprint density at radius 3 is 2.56 bits per heavy atom. The second-order valence-corrected chi connectivity index (χ2v) is 6.81. The van der Waals surface area contributed by atoms with E-state index in [1.807, 2.05) is 25.1 Å². The van der Waals surface area contributed by atoms with Crippen molar-refractivity contribution in [2.45, 2.75) is 26.9 Å². The molecule has 2 aromatic heterocycles. The highest BCUT2D eigenvalue weighted by atomic mass is 79.9. The largest absolute Gasteiger partial charge is 0.454 e. The number of aromatic nitrogens is 4. The molecule has 140 valence electrons. The Morgan fingerprint density at radius 1 is 1.15 bits per heavy atom. The number of nitrogens with zero attached hydrogens (tertiary/aromatic N) is 3. The number of ether oxygens (including phenoxy) is 2. The fourth-order valence-corrected chi connectivity index (χ4v) is 3.51. The molecule has 1 aromatic carbocycles. The minimum Gasteiger partial charge on any atom is -0.454 e. The second-order valence-electron chi connectivity index (χ2n) is 5.96. The molecule has 0 radical (unpaired) electrons. The molecule has 0 atom stereocenters. The van der Waals surface area contributed by atoms with Gasteiger partial charge in [-0.05, 0) is 37.6 Å². The van der Waals surface area contributed by atoms with Crippen LogP contribution in [0.3, 0.4) is 0 Å². The summed E-state index contributed by atoms with van der Waals surface area (Å²) in [5.74, 6) is 1.85. The van der Waals surface area contributed by atoms with Crippen molar-refractivity contribution in [2.75, 3.05) is 6.79 Å². The molecule has 0 amide bonds. The van der Waals surface area contributed by atoms with Crippen LogP contribution in [0.25, 0.3) is 23.3 Å². The lowest BCUT2D eigenvalue weighted by Crippen LogP contribution is -2.39. The highest BCUT2D eigenvalue weighted by molar-refractivity contribution is 9.10. The van der Waals surface area contributed by atoms with Gasteiger partial charge in [0.1, 0.15) is 11.3 Å². The predicted molar refractivity (Wildman–Crippen MR) is 105 cm³/mol. The summed E-state index contributed by atoms with van der Waals surface area (Å²) in [6.07, 6.45) is 3.60. The Labute approximate surface area is 162 Å². The van der Waals surface area contributed by atoms with E-state index < -0.39 is 0 Å². The molecule has 1 aliphatic heterocycles. The van der Waals surface area contributed by atoms with E-state index in [0.717, 1.165) is 10.0 Å². The van der Waals surface area contributed by atoms with Gasteiger partial charge in [0.05, 0.1) is 0 Å². The molecular weight excluding hydrogens is 416 g/mol. The first-order chi connectivity index (χ1) is 13.0. The number of nitrogens with one attached hydrogen (secondary N) is 1. The molecule has 1 aliphatic rings. The zero-order valence-corrected chi connectivity index (χ0v) is 16.4. The van der Waals surface area contributed by atoms with Gasteiger partial charge in [-0.3, -0.25) is 13.9 Å². The number of hydrogen-bond acceptors (Lipinski definition) is 5. The van der Waals surface area contributed by atoms with Crippen LogP contribution in [-0.2, 0) is 13.1 Å². The first kappa shape index (κ1) is 17.6. The lowest BCUT2D eigenvalue weighted by Gasteiger charge is -2.06. The number of H-pyrrole nitrogens is 1. The van der Waals surface area contributed by atoms with Crippen molar-refractivity contribution in [3.8, 4) is 11.5 Å². The topological polar surface area (TPSA) is 91.1 Å². The number of aromatic amines is 1. The van der Waals surface area contributed by atoms with Crippen molar-refractivity contribution in [1.82, 2.24) is 19.1 Å². The summed E-state index contributed by atoms with van der Waals surface area (Å²) in [4.78, 5) is 32.4. The third kappa shape index (κ3) is 2.87.